The molecule has 0 atom stereocenters. The van der Waals surface area contributed by atoms with Gasteiger partial charge in [0, 0.05) is 36.4 Å². The summed E-state index contributed by atoms with van der Waals surface area (Å²) in [5.74, 6) is -0.442. The van der Waals surface area contributed by atoms with Crippen LogP contribution in [0.15, 0.2) is 29.1 Å². The van der Waals surface area contributed by atoms with Gasteiger partial charge in [-0.2, -0.15) is 9.49 Å². The van der Waals surface area contributed by atoms with Crippen LogP contribution in [0, 0.1) is 5.95 Å². The Morgan fingerprint density at radius 1 is 1.47 bits per heavy atom. The van der Waals surface area contributed by atoms with E-state index in [1.54, 1.807) is 16.9 Å². The van der Waals surface area contributed by atoms with Crippen molar-refractivity contribution < 1.29 is 9.13 Å². The van der Waals surface area contributed by atoms with E-state index in [2.05, 4.69) is 26.0 Å². The Morgan fingerprint density at radius 2 is 2.29 bits per heavy atom. The maximum absolute atomic E-state index is 13.2. The van der Waals surface area contributed by atoms with Crippen molar-refractivity contribution in [2.24, 2.45) is 7.05 Å². The van der Waals surface area contributed by atoms with Crippen LogP contribution in [0.1, 0.15) is 5.56 Å². The molecule has 4 nitrogen and oxygen atoms in total. The first-order valence-electron chi connectivity index (χ1n) is 5.06. The lowest BCUT2D eigenvalue weighted by Gasteiger charge is -2.05. The van der Waals surface area contributed by atoms with Crippen LogP contribution >= 0.6 is 15.9 Å². The average molecular weight is 300 g/mol. The van der Waals surface area contributed by atoms with Gasteiger partial charge in [0.15, 0.2) is 5.75 Å². The van der Waals surface area contributed by atoms with Gasteiger partial charge in [0.05, 0.1) is 12.8 Å². The summed E-state index contributed by atoms with van der Waals surface area (Å²) in [5, 5.41) is 4.04. The molecule has 0 bridgehead atoms. The lowest BCUT2D eigenvalue weighted by Crippen LogP contribution is -2.03. The molecular formula is C11H11BrFN3O. The first kappa shape index (κ1) is 12.0. The molecule has 0 spiro atoms. The molecule has 0 unspecified atom stereocenters. The highest BCUT2D eigenvalue weighted by Gasteiger charge is 2.05. The second-order valence-corrected chi connectivity index (χ2v) is 4.48. The van der Waals surface area contributed by atoms with Gasteiger partial charge >= 0.3 is 0 Å². The normalized spacial score (nSPS) is 10.5. The van der Waals surface area contributed by atoms with Gasteiger partial charge < -0.3 is 4.74 Å². The third kappa shape index (κ3) is 3.26. The summed E-state index contributed by atoms with van der Waals surface area (Å²) in [6.07, 6.45) is 5.74. The summed E-state index contributed by atoms with van der Waals surface area (Å²) in [7, 11) is 1.85. The van der Waals surface area contributed by atoms with Crippen molar-refractivity contribution in [3.8, 4) is 5.75 Å². The molecule has 0 aromatic carbocycles. The van der Waals surface area contributed by atoms with Crippen LogP contribution in [0.3, 0.4) is 0 Å². The molecule has 2 aromatic rings. The van der Waals surface area contributed by atoms with E-state index in [9.17, 15) is 4.39 Å². The summed E-state index contributed by atoms with van der Waals surface area (Å²) >= 11 is 3.21. The maximum Gasteiger partial charge on any atom is 0.255 e. The summed E-state index contributed by atoms with van der Waals surface area (Å²) < 4.78 is 21.0. The molecule has 2 heterocycles. The summed E-state index contributed by atoms with van der Waals surface area (Å²) in [6, 6.07) is 1.56. The van der Waals surface area contributed by atoms with Crippen molar-refractivity contribution >= 4 is 15.9 Å². The molecule has 0 N–H and O–H groups in total. The van der Waals surface area contributed by atoms with Gasteiger partial charge in [-0.25, -0.2) is 4.98 Å². The van der Waals surface area contributed by atoms with E-state index in [1.165, 1.54) is 6.20 Å². The minimum absolute atomic E-state index is 0.156. The second-order valence-electron chi connectivity index (χ2n) is 3.56. The van der Waals surface area contributed by atoms with Crippen molar-refractivity contribution in [1.82, 2.24) is 14.8 Å². The summed E-state index contributed by atoms with van der Waals surface area (Å²) in [5.41, 5.74) is 1.05. The van der Waals surface area contributed by atoms with E-state index in [0.29, 0.717) is 17.5 Å². The van der Waals surface area contributed by atoms with Crippen LogP contribution in [0.4, 0.5) is 4.39 Å². The van der Waals surface area contributed by atoms with Crippen molar-refractivity contribution in [2.75, 3.05) is 6.61 Å². The number of hydrogen-bond donors (Lipinski definition) is 0. The van der Waals surface area contributed by atoms with Gasteiger partial charge in [-0.1, -0.05) is 0 Å². The first-order chi connectivity index (χ1) is 8.15. The monoisotopic (exact) mass is 299 g/mol. The molecular weight excluding hydrogens is 289 g/mol. The molecule has 6 heteroatoms. The van der Waals surface area contributed by atoms with Crippen LogP contribution in [0.5, 0.6) is 5.75 Å². The molecule has 2 aromatic heterocycles. The van der Waals surface area contributed by atoms with Crippen LogP contribution in [0.2, 0.25) is 0 Å². The van der Waals surface area contributed by atoms with Crippen molar-refractivity contribution in [1.29, 1.82) is 0 Å². The highest BCUT2D eigenvalue weighted by atomic mass is 79.9. The predicted molar refractivity (Wildman–Crippen MR) is 64.3 cm³/mol. The lowest BCUT2D eigenvalue weighted by molar-refractivity contribution is 0.300. The number of nitrogens with zero attached hydrogens (tertiary/aromatic N) is 3. The fourth-order valence-electron chi connectivity index (χ4n) is 1.39. The fraction of sp³-hybridized carbons (Fsp3) is 0.273. The largest absolute Gasteiger partial charge is 0.488 e. The molecule has 0 fully saturated rings. The SMILES string of the molecule is Cn1cc(CCOc2cc(Br)cnc2F)cn1. The zero-order chi connectivity index (χ0) is 12.3. The van der Waals surface area contributed by atoms with Crippen LogP contribution in [-0.2, 0) is 13.5 Å². The Hall–Kier alpha value is -1.43. The molecule has 0 saturated carbocycles. The number of rotatable bonds is 4. The Morgan fingerprint density at radius 3 is 3.00 bits per heavy atom. The smallest absolute Gasteiger partial charge is 0.255 e. The molecule has 0 amide bonds. The highest BCUT2D eigenvalue weighted by molar-refractivity contribution is 9.10. The second kappa shape index (κ2) is 5.27. The van der Waals surface area contributed by atoms with Gasteiger partial charge in [-0.15, -0.1) is 0 Å². The van der Waals surface area contributed by atoms with Gasteiger partial charge in [0.25, 0.3) is 5.95 Å². The third-order valence-electron chi connectivity index (χ3n) is 2.18. The standard InChI is InChI=1S/C11H11BrFN3O/c1-16-7-8(5-15-16)2-3-17-10-4-9(12)6-14-11(10)13/h4-7H,2-3H2,1H3. The summed E-state index contributed by atoms with van der Waals surface area (Å²) in [6.45, 7) is 0.390. The zero-order valence-electron chi connectivity index (χ0n) is 9.23. The fourth-order valence-corrected chi connectivity index (χ4v) is 1.70. The van der Waals surface area contributed by atoms with Crippen molar-refractivity contribution in [3.63, 3.8) is 0 Å². The average Bonchev–Trinajstić information content (AvgIpc) is 2.69. The number of pyridine rings is 1. The third-order valence-corrected chi connectivity index (χ3v) is 2.61. The van der Waals surface area contributed by atoms with Gasteiger partial charge in [0.2, 0.25) is 0 Å². The minimum Gasteiger partial charge on any atom is -0.488 e. The number of aryl methyl sites for hydroxylation is 1. The number of halogens is 2. The van der Waals surface area contributed by atoms with E-state index in [1.807, 2.05) is 13.2 Å². The summed E-state index contributed by atoms with van der Waals surface area (Å²) in [4.78, 5) is 3.55. The number of ether oxygens (including phenoxy) is 1. The minimum atomic E-state index is -0.598. The van der Waals surface area contributed by atoms with E-state index in [4.69, 9.17) is 4.74 Å². The maximum atomic E-state index is 13.2. The van der Waals surface area contributed by atoms with Gasteiger partial charge in [-0.3, -0.25) is 4.68 Å². The van der Waals surface area contributed by atoms with E-state index < -0.39 is 5.95 Å². The van der Waals surface area contributed by atoms with Gasteiger partial charge in [-0.05, 0) is 21.5 Å². The molecule has 0 aliphatic rings. The molecule has 17 heavy (non-hydrogen) atoms. The van der Waals surface area contributed by atoms with Crippen LogP contribution in [0.25, 0.3) is 0 Å². The zero-order valence-corrected chi connectivity index (χ0v) is 10.8. The van der Waals surface area contributed by atoms with E-state index in [-0.39, 0.29) is 5.75 Å². The predicted octanol–water partition coefficient (Wildman–Crippen LogP) is 2.34. The van der Waals surface area contributed by atoms with Gasteiger partial charge in [0.1, 0.15) is 0 Å². The van der Waals surface area contributed by atoms with Crippen LogP contribution in [-0.4, -0.2) is 21.4 Å². The topological polar surface area (TPSA) is 39.9 Å². The lowest BCUT2D eigenvalue weighted by atomic mass is 10.3. The Kier molecular flexibility index (Phi) is 3.73. The Labute approximate surface area is 107 Å². The Balaban J connectivity index is 1.91. The molecule has 0 aliphatic heterocycles. The van der Waals surface area contributed by atoms with Crippen molar-refractivity contribution in [3.05, 3.63) is 40.6 Å². The Bertz CT molecular complexity index is 515. The first-order valence-corrected chi connectivity index (χ1v) is 5.86. The van der Waals surface area contributed by atoms with Crippen molar-refractivity contribution in [2.45, 2.75) is 6.42 Å². The highest BCUT2D eigenvalue weighted by Crippen LogP contribution is 2.20. The molecule has 0 aliphatic carbocycles. The molecule has 2 rings (SSSR count). The quantitative estimate of drug-likeness (QED) is 0.814. The molecule has 0 saturated heterocycles. The molecule has 0 radical (unpaired) electrons. The van der Waals surface area contributed by atoms with Crippen LogP contribution < -0.4 is 4.74 Å². The van der Waals surface area contributed by atoms with E-state index in [0.717, 1.165) is 5.56 Å². The number of hydrogen-bond acceptors (Lipinski definition) is 3. The number of aromatic nitrogens is 3. The molecule has 90 valence electrons. The van der Waals surface area contributed by atoms with E-state index >= 15 is 0 Å².